The van der Waals surface area contributed by atoms with Crippen molar-refractivity contribution in [3.8, 4) is 0 Å². The summed E-state index contributed by atoms with van der Waals surface area (Å²) in [7, 11) is 0. The van der Waals surface area contributed by atoms with E-state index >= 15 is 0 Å². The van der Waals surface area contributed by atoms with Crippen molar-refractivity contribution >= 4 is 34.8 Å². The highest BCUT2D eigenvalue weighted by Gasteiger charge is 2.17. The zero-order valence-electron chi connectivity index (χ0n) is 10.5. The van der Waals surface area contributed by atoms with Gasteiger partial charge in [0, 0.05) is 28.0 Å². The van der Waals surface area contributed by atoms with Crippen molar-refractivity contribution in [1.82, 2.24) is 9.78 Å². The Bertz CT molecular complexity index is 680. The van der Waals surface area contributed by atoms with Gasteiger partial charge in [0.2, 0.25) is 5.91 Å². The molecular weight excluding hydrogens is 301 g/mol. The maximum absolute atomic E-state index is 12.1. The molecule has 0 aliphatic heterocycles. The Kier molecular flexibility index (Phi) is 4.42. The fourth-order valence-corrected chi connectivity index (χ4v) is 2.17. The number of carbonyl (C=O) groups is 1. The van der Waals surface area contributed by atoms with Gasteiger partial charge in [0.15, 0.2) is 0 Å². The molecule has 2 rings (SSSR count). The number of nitrogens with one attached hydrogen (secondary N) is 1. The molecule has 1 aromatic carbocycles. The summed E-state index contributed by atoms with van der Waals surface area (Å²) in [6.45, 7) is 1.58. The van der Waals surface area contributed by atoms with E-state index in [0.717, 1.165) is 4.68 Å². The Morgan fingerprint density at radius 3 is 2.55 bits per heavy atom. The summed E-state index contributed by atoms with van der Waals surface area (Å²) in [6.07, 6.45) is 1.45. The minimum absolute atomic E-state index is 0.348. The van der Waals surface area contributed by atoms with Gasteiger partial charge in [0.05, 0.1) is 0 Å². The molecule has 0 spiro atoms. The van der Waals surface area contributed by atoms with E-state index in [1.165, 1.54) is 18.3 Å². The van der Waals surface area contributed by atoms with E-state index in [0.29, 0.717) is 15.7 Å². The molecule has 0 saturated carbocycles. The molecule has 20 heavy (non-hydrogen) atoms. The number of anilines is 1. The lowest BCUT2D eigenvalue weighted by Gasteiger charge is -2.13. The van der Waals surface area contributed by atoms with Crippen LogP contribution in [0.1, 0.15) is 13.0 Å². The van der Waals surface area contributed by atoms with Crippen LogP contribution >= 0.6 is 23.2 Å². The molecule has 1 heterocycles. The summed E-state index contributed by atoms with van der Waals surface area (Å²) in [6, 6.07) is 6.80. The SMILES string of the molecule is CC(C(=O)Nc1cc(Cl)cc(Cl)c1)n1ncccc1=O. The molecule has 1 amide bonds. The molecule has 0 fully saturated rings. The third-order valence-electron chi connectivity index (χ3n) is 2.62. The molecule has 1 aromatic heterocycles. The van der Waals surface area contributed by atoms with Gasteiger partial charge in [-0.05, 0) is 31.2 Å². The van der Waals surface area contributed by atoms with Gasteiger partial charge in [0.1, 0.15) is 6.04 Å². The lowest BCUT2D eigenvalue weighted by molar-refractivity contribution is -0.119. The van der Waals surface area contributed by atoms with Crippen LogP contribution in [-0.2, 0) is 4.79 Å². The summed E-state index contributed by atoms with van der Waals surface area (Å²) in [4.78, 5) is 23.7. The summed E-state index contributed by atoms with van der Waals surface area (Å²) in [5.41, 5.74) is 0.114. The van der Waals surface area contributed by atoms with Gasteiger partial charge in [-0.2, -0.15) is 5.10 Å². The number of nitrogens with zero attached hydrogens (tertiary/aromatic N) is 2. The van der Waals surface area contributed by atoms with E-state index in [4.69, 9.17) is 23.2 Å². The van der Waals surface area contributed by atoms with Gasteiger partial charge in [-0.15, -0.1) is 0 Å². The largest absolute Gasteiger partial charge is 0.324 e. The predicted octanol–water partition coefficient (Wildman–Crippen LogP) is 2.75. The van der Waals surface area contributed by atoms with Crippen molar-refractivity contribution < 1.29 is 4.79 Å². The van der Waals surface area contributed by atoms with Crippen molar-refractivity contribution in [3.05, 3.63) is 56.9 Å². The summed E-state index contributed by atoms with van der Waals surface area (Å²) in [5.74, 6) is -0.385. The van der Waals surface area contributed by atoms with Crippen LogP contribution in [0.4, 0.5) is 5.69 Å². The number of carbonyl (C=O) groups excluding carboxylic acids is 1. The molecule has 0 bridgehead atoms. The first-order chi connectivity index (χ1) is 9.47. The van der Waals surface area contributed by atoms with Crippen molar-refractivity contribution in [1.29, 1.82) is 0 Å². The van der Waals surface area contributed by atoms with Crippen LogP contribution in [-0.4, -0.2) is 15.7 Å². The van der Waals surface area contributed by atoms with Gasteiger partial charge in [-0.3, -0.25) is 9.59 Å². The topological polar surface area (TPSA) is 64.0 Å². The molecule has 7 heteroatoms. The standard InChI is InChI=1S/C13H11Cl2N3O2/c1-8(18-12(19)3-2-4-16-18)13(20)17-11-6-9(14)5-10(15)7-11/h2-8H,1H3,(H,17,20). The van der Waals surface area contributed by atoms with Crippen molar-refractivity contribution in [3.63, 3.8) is 0 Å². The fraction of sp³-hybridized carbons (Fsp3) is 0.154. The Labute approximate surface area is 125 Å². The highest BCUT2D eigenvalue weighted by atomic mass is 35.5. The van der Waals surface area contributed by atoms with Crippen LogP contribution in [0, 0.1) is 0 Å². The van der Waals surface area contributed by atoms with Crippen LogP contribution in [0.5, 0.6) is 0 Å². The number of rotatable bonds is 3. The normalized spacial score (nSPS) is 11.9. The quantitative estimate of drug-likeness (QED) is 0.948. The van der Waals surface area contributed by atoms with E-state index in [2.05, 4.69) is 10.4 Å². The number of aromatic nitrogens is 2. The molecule has 0 radical (unpaired) electrons. The smallest absolute Gasteiger partial charge is 0.267 e. The zero-order chi connectivity index (χ0) is 14.7. The van der Waals surface area contributed by atoms with E-state index in [1.54, 1.807) is 25.1 Å². The fourth-order valence-electron chi connectivity index (χ4n) is 1.64. The minimum Gasteiger partial charge on any atom is -0.324 e. The maximum atomic E-state index is 12.1. The first kappa shape index (κ1) is 14.6. The van der Waals surface area contributed by atoms with Gasteiger partial charge >= 0.3 is 0 Å². The van der Waals surface area contributed by atoms with Crippen molar-refractivity contribution in [2.24, 2.45) is 0 Å². The van der Waals surface area contributed by atoms with Crippen LogP contribution in [0.25, 0.3) is 0 Å². The van der Waals surface area contributed by atoms with Gasteiger partial charge in [-0.1, -0.05) is 23.2 Å². The molecule has 0 saturated heterocycles. The van der Waals surface area contributed by atoms with E-state index in [-0.39, 0.29) is 11.5 Å². The third kappa shape index (κ3) is 3.37. The molecule has 5 nitrogen and oxygen atoms in total. The van der Waals surface area contributed by atoms with Crippen LogP contribution < -0.4 is 10.9 Å². The van der Waals surface area contributed by atoms with Crippen molar-refractivity contribution in [2.45, 2.75) is 13.0 Å². The van der Waals surface area contributed by atoms with E-state index < -0.39 is 6.04 Å². The third-order valence-corrected chi connectivity index (χ3v) is 3.05. The lowest BCUT2D eigenvalue weighted by Crippen LogP contribution is -2.32. The predicted molar refractivity (Wildman–Crippen MR) is 78.3 cm³/mol. The summed E-state index contributed by atoms with van der Waals surface area (Å²) >= 11 is 11.7. The molecular formula is C13H11Cl2N3O2. The highest BCUT2D eigenvalue weighted by Crippen LogP contribution is 2.23. The van der Waals surface area contributed by atoms with Crippen LogP contribution in [0.3, 0.4) is 0 Å². The maximum Gasteiger partial charge on any atom is 0.267 e. The molecule has 2 aromatic rings. The molecule has 0 aliphatic carbocycles. The number of halogens is 2. The Morgan fingerprint density at radius 1 is 1.30 bits per heavy atom. The van der Waals surface area contributed by atoms with Gasteiger partial charge < -0.3 is 5.32 Å². The first-order valence-corrected chi connectivity index (χ1v) is 6.54. The monoisotopic (exact) mass is 311 g/mol. The Hall–Kier alpha value is -1.85. The van der Waals surface area contributed by atoms with Gasteiger partial charge in [0.25, 0.3) is 5.56 Å². The molecule has 1 atom stereocenters. The molecule has 1 N–H and O–H groups in total. The second-order valence-corrected chi connectivity index (χ2v) is 5.00. The minimum atomic E-state index is -0.749. The number of benzene rings is 1. The van der Waals surface area contributed by atoms with Crippen LogP contribution in [0.2, 0.25) is 10.0 Å². The first-order valence-electron chi connectivity index (χ1n) is 5.78. The van der Waals surface area contributed by atoms with Crippen molar-refractivity contribution in [2.75, 3.05) is 5.32 Å². The molecule has 104 valence electrons. The Morgan fingerprint density at radius 2 is 1.95 bits per heavy atom. The number of hydrogen-bond acceptors (Lipinski definition) is 3. The average Bonchev–Trinajstić information content (AvgIpc) is 2.37. The molecule has 0 aliphatic rings. The lowest BCUT2D eigenvalue weighted by atomic mass is 10.2. The van der Waals surface area contributed by atoms with Gasteiger partial charge in [-0.25, -0.2) is 4.68 Å². The summed E-state index contributed by atoms with van der Waals surface area (Å²) in [5, 5.41) is 7.33. The average molecular weight is 312 g/mol. The van der Waals surface area contributed by atoms with E-state index in [9.17, 15) is 9.59 Å². The second kappa shape index (κ2) is 6.07. The molecule has 1 unspecified atom stereocenters. The number of amides is 1. The highest BCUT2D eigenvalue weighted by molar-refractivity contribution is 6.35. The van der Waals surface area contributed by atoms with E-state index in [1.807, 2.05) is 0 Å². The Balaban J connectivity index is 2.20. The zero-order valence-corrected chi connectivity index (χ0v) is 12.0. The van der Waals surface area contributed by atoms with Crippen LogP contribution in [0.15, 0.2) is 41.3 Å². The second-order valence-electron chi connectivity index (χ2n) is 4.13. The summed E-state index contributed by atoms with van der Waals surface area (Å²) < 4.78 is 1.10. The number of hydrogen-bond donors (Lipinski definition) is 1.